The first kappa shape index (κ1) is 20.5. The molecule has 0 saturated carbocycles. The summed E-state index contributed by atoms with van der Waals surface area (Å²) in [6.45, 7) is 6.94. The minimum Gasteiger partial charge on any atom is -0.379 e. The van der Waals surface area contributed by atoms with E-state index >= 15 is 0 Å². The van der Waals surface area contributed by atoms with Crippen molar-refractivity contribution in [2.24, 2.45) is 4.99 Å². The van der Waals surface area contributed by atoms with Crippen molar-refractivity contribution < 1.29 is 17.9 Å². The molecule has 5 nitrogen and oxygen atoms in total. The van der Waals surface area contributed by atoms with Gasteiger partial charge in [0.1, 0.15) is 0 Å². The van der Waals surface area contributed by atoms with Crippen molar-refractivity contribution in [2.75, 3.05) is 39.4 Å². The Morgan fingerprint density at radius 2 is 1.92 bits per heavy atom. The van der Waals surface area contributed by atoms with Gasteiger partial charge in [0.05, 0.1) is 26.2 Å². The highest BCUT2D eigenvalue weighted by atomic mass is 19.4. The molecule has 0 aromatic heterocycles. The Kier molecular flexibility index (Phi) is 8.18. The normalized spacial score (nSPS) is 16.5. The van der Waals surface area contributed by atoms with Gasteiger partial charge in [0, 0.05) is 32.7 Å². The molecule has 1 aromatic rings. The minimum atomic E-state index is -4.17. The first-order valence-electron chi connectivity index (χ1n) is 8.93. The van der Waals surface area contributed by atoms with E-state index in [4.69, 9.17) is 4.74 Å². The monoisotopic (exact) mass is 372 g/mol. The third-order valence-electron chi connectivity index (χ3n) is 3.97. The number of ether oxygens (including phenoxy) is 1. The zero-order chi connectivity index (χ0) is 18.8. The van der Waals surface area contributed by atoms with Crippen LogP contribution in [0.4, 0.5) is 13.2 Å². The SMILES string of the molecule is CCNC(=NCc1cccc(CN2CCOCC2)c1)NCCC(F)(F)F. The first-order chi connectivity index (χ1) is 12.5. The third-order valence-corrected chi connectivity index (χ3v) is 3.97. The van der Waals surface area contributed by atoms with E-state index in [1.807, 2.05) is 19.1 Å². The summed E-state index contributed by atoms with van der Waals surface area (Å²) >= 11 is 0. The fourth-order valence-corrected chi connectivity index (χ4v) is 2.68. The summed E-state index contributed by atoms with van der Waals surface area (Å²) in [5.74, 6) is 0.398. The number of morpholine rings is 1. The van der Waals surface area contributed by atoms with Crippen LogP contribution in [-0.4, -0.2) is 56.4 Å². The molecule has 0 aliphatic carbocycles. The average molecular weight is 372 g/mol. The lowest BCUT2D eigenvalue weighted by Crippen LogP contribution is -2.38. The van der Waals surface area contributed by atoms with Crippen molar-refractivity contribution >= 4 is 5.96 Å². The third kappa shape index (κ3) is 8.05. The molecule has 1 heterocycles. The van der Waals surface area contributed by atoms with Gasteiger partial charge in [-0.2, -0.15) is 13.2 Å². The smallest absolute Gasteiger partial charge is 0.379 e. The molecule has 1 saturated heterocycles. The van der Waals surface area contributed by atoms with E-state index in [1.165, 1.54) is 5.56 Å². The predicted molar refractivity (Wildman–Crippen MR) is 96.0 cm³/mol. The molecule has 1 fully saturated rings. The van der Waals surface area contributed by atoms with Crippen LogP contribution in [-0.2, 0) is 17.8 Å². The fraction of sp³-hybridized carbons (Fsp3) is 0.611. The Labute approximate surface area is 152 Å². The molecule has 0 unspecified atom stereocenters. The van der Waals surface area contributed by atoms with Gasteiger partial charge in [-0.25, -0.2) is 4.99 Å². The molecule has 0 atom stereocenters. The molecule has 26 heavy (non-hydrogen) atoms. The van der Waals surface area contributed by atoms with E-state index in [2.05, 4.69) is 32.7 Å². The van der Waals surface area contributed by atoms with Gasteiger partial charge >= 0.3 is 6.18 Å². The van der Waals surface area contributed by atoms with Crippen LogP contribution in [0.25, 0.3) is 0 Å². The summed E-state index contributed by atoms with van der Waals surface area (Å²) in [6.07, 6.45) is -5.05. The lowest BCUT2D eigenvalue weighted by Gasteiger charge is -2.26. The molecule has 0 amide bonds. The summed E-state index contributed by atoms with van der Waals surface area (Å²) in [5, 5.41) is 5.69. The van der Waals surface area contributed by atoms with E-state index in [1.54, 1.807) is 0 Å². The lowest BCUT2D eigenvalue weighted by molar-refractivity contribution is -0.132. The number of nitrogens with zero attached hydrogens (tertiary/aromatic N) is 2. The number of alkyl halides is 3. The minimum absolute atomic E-state index is 0.188. The summed E-state index contributed by atoms with van der Waals surface area (Å²) in [5.41, 5.74) is 2.23. The molecule has 1 aliphatic rings. The largest absolute Gasteiger partial charge is 0.390 e. The number of rotatable bonds is 7. The highest BCUT2D eigenvalue weighted by Gasteiger charge is 2.26. The first-order valence-corrected chi connectivity index (χ1v) is 8.93. The van der Waals surface area contributed by atoms with Gasteiger partial charge in [0.2, 0.25) is 0 Å². The van der Waals surface area contributed by atoms with Crippen LogP contribution >= 0.6 is 0 Å². The van der Waals surface area contributed by atoms with E-state index < -0.39 is 12.6 Å². The Morgan fingerprint density at radius 1 is 1.19 bits per heavy atom. The van der Waals surface area contributed by atoms with Crippen LogP contribution in [0.1, 0.15) is 24.5 Å². The summed E-state index contributed by atoms with van der Waals surface area (Å²) < 4.78 is 42.2. The highest BCUT2D eigenvalue weighted by Crippen LogP contribution is 2.18. The average Bonchev–Trinajstić information content (AvgIpc) is 2.60. The van der Waals surface area contributed by atoms with Gasteiger partial charge in [-0.1, -0.05) is 24.3 Å². The van der Waals surface area contributed by atoms with Crippen molar-refractivity contribution in [1.82, 2.24) is 15.5 Å². The number of guanidine groups is 1. The molecule has 0 spiro atoms. The van der Waals surface area contributed by atoms with Crippen LogP contribution in [0, 0.1) is 0 Å². The maximum atomic E-state index is 12.3. The zero-order valence-corrected chi connectivity index (χ0v) is 15.1. The van der Waals surface area contributed by atoms with Crippen molar-refractivity contribution in [1.29, 1.82) is 0 Å². The molecule has 2 rings (SSSR count). The predicted octanol–water partition coefficient (Wildman–Crippen LogP) is 2.53. The molecule has 1 aliphatic heterocycles. The Hall–Kier alpha value is -1.80. The van der Waals surface area contributed by atoms with Crippen LogP contribution in [0.5, 0.6) is 0 Å². The summed E-state index contributed by atoms with van der Waals surface area (Å²) in [6, 6.07) is 8.14. The fourth-order valence-electron chi connectivity index (χ4n) is 2.68. The second-order valence-electron chi connectivity index (χ2n) is 6.20. The number of halogens is 3. The number of nitrogens with one attached hydrogen (secondary N) is 2. The summed E-state index contributed by atoms with van der Waals surface area (Å²) in [7, 11) is 0. The second kappa shape index (κ2) is 10.4. The maximum absolute atomic E-state index is 12.3. The molecule has 0 bridgehead atoms. The van der Waals surface area contributed by atoms with Crippen molar-refractivity contribution in [3.8, 4) is 0 Å². The van der Waals surface area contributed by atoms with Crippen LogP contribution in [0.2, 0.25) is 0 Å². The van der Waals surface area contributed by atoms with Gasteiger partial charge in [0.15, 0.2) is 5.96 Å². The number of aliphatic imine (C=N–C) groups is 1. The van der Waals surface area contributed by atoms with Gasteiger partial charge in [-0.3, -0.25) is 4.90 Å². The zero-order valence-electron chi connectivity index (χ0n) is 15.1. The van der Waals surface area contributed by atoms with Crippen molar-refractivity contribution in [2.45, 2.75) is 32.6 Å². The summed E-state index contributed by atoms with van der Waals surface area (Å²) in [4.78, 5) is 6.73. The Balaban J connectivity index is 1.89. The molecule has 1 aromatic carbocycles. The number of benzene rings is 1. The quantitative estimate of drug-likeness (QED) is 0.570. The van der Waals surface area contributed by atoms with Gasteiger partial charge in [-0.15, -0.1) is 0 Å². The maximum Gasteiger partial charge on any atom is 0.390 e. The van der Waals surface area contributed by atoms with E-state index in [9.17, 15) is 13.2 Å². The van der Waals surface area contributed by atoms with Crippen LogP contribution in [0.3, 0.4) is 0 Å². The highest BCUT2D eigenvalue weighted by molar-refractivity contribution is 5.79. The van der Waals surface area contributed by atoms with Gasteiger partial charge < -0.3 is 15.4 Å². The Bertz CT molecular complexity index is 572. The molecule has 146 valence electrons. The number of hydrogen-bond donors (Lipinski definition) is 2. The Morgan fingerprint density at radius 3 is 2.62 bits per heavy atom. The van der Waals surface area contributed by atoms with Gasteiger partial charge in [-0.05, 0) is 18.1 Å². The van der Waals surface area contributed by atoms with E-state index in [0.717, 1.165) is 38.4 Å². The standard InChI is InChI=1S/C18H27F3N4O/c1-2-22-17(23-7-6-18(19,20)21)24-13-15-4-3-5-16(12-15)14-25-8-10-26-11-9-25/h3-5,12H,2,6-11,13-14H2,1H3,(H2,22,23,24). The molecule has 2 N–H and O–H groups in total. The molecule has 0 radical (unpaired) electrons. The number of hydrogen-bond acceptors (Lipinski definition) is 3. The van der Waals surface area contributed by atoms with Crippen LogP contribution in [0.15, 0.2) is 29.3 Å². The molecule has 8 heteroatoms. The molecular weight excluding hydrogens is 345 g/mol. The van der Waals surface area contributed by atoms with E-state index in [-0.39, 0.29) is 6.54 Å². The van der Waals surface area contributed by atoms with Crippen molar-refractivity contribution in [3.05, 3.63) is 35.4 Å². The van der Waals surface area contributed by atoms with E-state index in [0.29, 0.717) is 19.0 Å². The second-order valence-corrected chi connectivity index (χ2v) is 6.20. The van der Waals surface area contributed by atoms with Gasteiger partial charge in [0.25, 0.3) is 0 Å². The topological polar surface area (TPSA) is 48.9 Å². The van der Waals surface area contributed by atoms with Crippen molar-refractivity contribution in [3.63, 3.8) is 0 Å². The lowest BCUT2D eigenvalue weighted by atomic mass is 10.1. The van der Waals surface area contributed by atoms with Crippen LogP contribution < -0.4 is 10.6 Å². The molecular formula is C18H27F3N4O.